The molecule has 0 aliphatic rings. The van der Waals surface area contributed by atoms with Gasteiger partial charge in [0.15, 0.2) is 0 Å². The average Bonchev–Trinajstić information content (AvgIpc) is 2.76. The number of aryl methyl sites for hydroxylation is 1. The lowest BCUT2D eigenvalue weighted by Crippen LogP contribution is -2.11. The molecule has 0 bridgehead atoms. The van der Waals surface area contributed by atoms with Crippen LogP contribution < -0.4 is 5.32 Å². The smallest absolute Gasteiger partial charge is 0.248 e. The highest BCUT2D eigenvalue weighted by Gasteiger charge is 2.15. The van der Waals surface area contributed by atoms with E-state index in [4.69, 9.17) is 0 Å². The van der Waals surface area contributed by atoms with Crippen LogP contribution in [0.4, 0.5) is 10.1 Å². The first-order valence-corrected chi connectivity index (χ1v) is 7.60. The van der Waals surface area contributed by atoms with Crippen molar-refractivity contribution in [1.29, 1.82) is 0 Å². The summed E-state index contributed by atoms with van der Waals surface area (Å²) < 4.78 is 14.8. The minimum Gasteiger partial charge on any atom is -0.319 e. The molecule has 0 aliphatic heterocycles. The second-order valence-electron chi connectivity index (χ2n) is 5.91. The van der Waals surface area contributed by atoms with E-state index >= 15 is 0 Å². The number of carbonyl (C=O) groups excluding carboxylic acids is 1. The van der Waals surface area contributed by atoms with Gasteiger partial charge in [-0.2, -0.15) is 5.10 Å². The second kappa shape index (κ2) is 6.77. The summed E-state index contributed by atoms with van der Waals surface area (Å²) >= 11 is 0. The number of rotatable bonds is 4. The molecule has 122 valence electrons. The summed E-state index contributed by atoms with van der Waals surface area (Å²) in [7, 11) is 0. The number of halogens is 1. The van der Waals surface area contributed by atoms with Crippen LogP contribution in [0.2, 0.25) is 0 Å². The first-order chi connectivity index (χ1) is 10.8. The molecule has 0 unspecified atom stereocenters. The van der Waals surface area contributed by atoms with E-state index in [1.807, 2.05) is 39.3 Å². The predicted octanol–water partition coefficient (Wildman–Crippen LogP) is 4.26. The highest BCUT2D eigenvalue weighted by molar-refractivity contribution is 6.04. The lowest BCUT2D eigenvalue weighted by Gasteiger charge is -2.09. The number of hydrogen-bond donors (Lipinski definition) is 1. The van der Waals surface area contributed by atoms with Gasteiger partial charge in [0, 0.05) is 12.1 Å². The van der Waals surface area contributed by atoms with E-state index in [0.29, 0.717) is 0 Å². The van der Waals surface area contributed by atoms with Crippen molar-refractivity contribution in [3.63, 3.8) is 0 Å². The van der Waals surface area contributed by atoms with Crippen molar-refractivity contribution in [2.45, 2.75) is 40.7 Å². The molecule has 2 aromatic rings. The molecule has 4 nitrogen and oxygen atoms in total. The summed E-state index contributed by atoms with van der Waals surface area (Å²) in [6, 6.07) is 6.30. The average molecular weight is 315 g/mol. The fraction of sp³-hybridized carbons (Fsp3) is 0.333. The summed E-state index contributed by atoms with van der Waals surface area (Å²) in [5.74, 6) is -0.514. The molecule has 0 spiro atoms. The normalized spacial score (nSPS) is 11.9. The van der Waals surface area contributed by atoms with Crippen LogP contribution >= 0.6 is 0 Å². The van der Waals surface area contributed by atoms with Gasteiger partial charge >= 0.3 is 0 Å². The van der Waals surface area contributed by atoms with Crippen molar-refractivity contribution in [3.05, 3.63) is 53.1 Å². The zero-order valence-electron chi connectivity index (χ0n) is 14.1. The summed E-state index contributed by atoms with van der Waals surface area (Å²) in [5, 5.41) is 7.34. The Morgan fingerprint density at radius 1 is 1.26 bits per heavy atom. The van der Waals surface area contributed by atoms with Gasteiger partial charge in [-0.15, -0.1) is 0 Å². The van der Waals surface area contributed by atoms with Crippen molar-refractivity contribution < 1.29 is 9.18 Å². The lowest BCUT2D eigenvalue weighted by atomic mass is 10.1. The van der Waals surface area contributed by atoms with Gasteiger partial charge in [0.1, 0.15) is 5.82 Å². The predicted molar refractivity (Wildman–Crippen MR) is 90.8 cm³/mol. The number of hydrogen-bond acceptors (Lipinski definition) is 2. The van der Waals surface area contributed by atoms with E-state index in [1.165, 1.54) is 18.2 Å². The molecule has 1 amide bonds. The van der Waals surface area contributed by atoms with Gasteiger partial charge < -0.3 is 5.32 Å². The fourth-order valence-corrected chi connectivity index (χ4v) is 2.50. The van der Waals surface area contributed by atoms with Crippen LogP contribution in [-0.4, -0.2) is 15.7 Å². The number of amides is 1. The molecule has 1 aromatic carbocycles. The minimum atomic E-state index is -0.293. The Labute approximate surface area is 136 Å². The van der Waals surface area contributed by atoms with E-state index in [-0.39, 0.29) is 17.8 Å². The number of carbonyl (C=O) groups is 1. The fourth-order valence-electron chi connectivity index (χ4n) is 2.50. The largest absolute Gasteiger partial charge is 0.319 e. The number of benzene rings is 1. The van der Waals surface area contributed by atoms with Gasteiger partial charge in [-0.1, -0.05) is 12.1 Å². The number of aromatic nitrogens is 2. The highest BCUT2D eigenvalue weighted by Crippen LogP contribution is 2.23. The third kappa shape index (κ3) is 3.86. The van der Waals surface area contributed by atoms with Crippen molar-refractivity contribution in [3.8, 4) is 0 Å². The Morgan fingerprint density at radius 2 is 1.87 bits per heavy atom. The Balaban J connectivity index is 2.19. The molecule has 1 N–H and O–H groups in total. The maximum Gasteiger partial charge on any atom is 0.248 e. The second-order valence-corrected chi connectivity index (χ2v) is 5.91. The molecule has 2 rings (SSSR count). The molecule has 0 saturated heterocycles. The van der Waals surface area contributed by atoms with Gasteiger partial charge in [0.2, 0.25) is 5.91 Å². The zero-order chi connectivity index (χ0) is 17.1. The molecular weight excluding hydrogens is 293 g/mol. The summed E-state index contributed by atoms with van der Waals surface area (Å²) in [6.45, 7) is 9.72. The molecule has 0 radical (unpaired) electrons. The Kier molecular flexibility index (Phi) is 4.98. The molecule has 0 fully saturated rings. The molecule has 0 aliphatic carbocycles. The highest BCUT2D eigenvalue weighted by atomic mass is 19.1. The van der Waals surface area contributed by atoms with Crippen LogP contribution in [0.25, 0.3) is 5.57 Å². The Morgan fingerprint density at radius 3 is 2.39 bits per heavy atom. The number of anilines is 1. The van der Waals surface area contributed by atoms with Crippen LogP contribution in [0, 0.1) is 19.7 Å². The molecule has 5 heteroatoms. The van der Waals surface area contributed by atoms with Crippen molar-refractivity contribution in [2.75, 3.05) is 5.32 Å². The van der Waals surface area contributed by atoms with E-state index in [2.05, 4.69) is 10.4 Å². The summed E-state index contributed by atoms with van der Waals surface area (Å²) in [4.78, 5) is 12.2. The minimum absolute atomic E-state index is 0.221. The third-order valence-corrected chi connectivity index (χ3v) is 3.71. The van der Waals surface area contributed by atoms with Crippen LogP contribution in [0.5, 0.6) is 0 Å². The van der Waals surface area contributed by atoms with E-state index in [9.17, 15) is 9.18 Å². The van der Waals surface area contributed by atoms with Crippen LogP contribution in [-0.2, 0) is 4.79 Å². The van der Waals surface area contributed by atoms with Crippen molar-refractivity contribution in [1.82, 2.24) is 9.78 Å². The number of allylic oxidation sites excluding steroid dienone is 1. The van der Waals surface area contributed by atoms with Gasteiger partial charge in [0.05, 0.1) is 17.1 Å². The van der Waals surface area contributed by atoms with E-state index in [1.54, 1.807) is 12.1 Å². The maximum atomic E-state index is 12.9. The van der Waals surface area contributed by atoms with E-state index in [0.717, 1.165) is 28.2 Å². The third-order valence-electron chi connectivity index (χ3n) is 3.71. The molecular formula is C18H22FN3O. The first-order valence-electron chi connectivity index (χ1n) is 7.60. The van der Waals surface area contributed by atoms with Crippen LogP contribution in [0.3, 0.4) is 0 Å². The number of nitrogens with one attached hydrogen (secondary N) is 1. The van der Waals surface area contributed by atoms with Crippen LogP contribution in [0.1, 0.15) is 43.8 Å². The maximum absolute atomic E-state index is 12.9. The molecule has 1 aromatic heterocycles. The van der Waals surface area contributed by atoms with Gasteiger partial charge in [-0.25, -0.2) is 4.39 Å². The first kappa shape index (κ1) is 16.9. The molecule has 1 heterocycles. The standard InChI is InChI=1S/C18H22FN3O/c1-11(2)22-14(5)18(13(4)21-22)20-17(23)10-12(3)15-6-8-16(19)9-7-15/h6-11H,1-5H3,(H,20,23)/b12-10-. The molecule has 23 heavy (non-hydrogen) atoms. The Hall–Kier alpha value is -2.43. The van der Waals surface area contributed by atoms with Crippen molar-refractivity contribution in [2.24, 2.45) is 0 Å². The van der Waals surface area contributed by atoms with Gasteiger partial charge in [0.25, 0.3) is 0 Å². The monoisotopic (exact) mass is 315 g/mol. The molecule has 0 atom stereocenters. The topological polar surface area (TPSA) is 46.9 Å². The molecule has 0 saturated carbocycles. The van der Waals surface area contributed by atoms with E-state index < -0.39 is 0 Å². The zero-order valence-corrected chi connectivity index (χ0v) is 14.1. The van der Waals surface area contributed by atoms with Gasteiger partial charge in [-0.3, -0.25) is 9.48 Å². The quantitative estimate of drug-likeness (QED) is 0.857. The summed E-state index contributed by atoms with van der Waals surface area (Å²) in [6.07, 6.45) is 1.51. The lowest BCUT2D eigenvalue weighted by molar-refractivity contribution is -0.111. The SMILES string of the molecule is C/C(=C/C(=O)Nc1c(C)nn(C(C)C)c1C)c1ccc(F)cc1. The van der Waals surface area contributed by atoms with Gasteiger partial charge in [-0.05, 0) is 57.9 Å². The van der Waals surface area contributed by atoms with Crippen LogP contribution in [0.15, 0.2) is 30.3 Å². The Bertz CT molecular complexity index is 742. The summed E-state index contributed by atoms with van der Waals surface area (Å²) in [5.41, 5.74) is 4.05. The number of nitrogens with zero attached hydrogens (tertiary/aromatic N) is 2. The van der Waals surface area contributed by atoms with Crippen molar-refractivity contribution >= 4 is 17.2 Å².